The number of halogens is 2. The third kappa shape index (κ3) is 3.17. The molecule has 0 bridgehead atoms. The highest BCUT2D eigenvalue weighted by molar-refractivity contribution is 5.94. The van der Waals surface area contributed by atoms with Crippen LogP contribution in [0.4, 0.5) is 4.39 Å². The Morgan fingerprint density at radius 2 is 2.06 bits per heavy atom. The molecule has 2 rings (SSSR count). The average Bonchev–Trinajstić information content (AvgIpc) is 2.77. The average molecular weight is 259 g/mol. The lowest BCUT2D eigenvalue weighted by atomic mass is 10.2. The van der Waals surface area contributed by atoms with E-state index in [2.05, 4.69) is 5.32 Å². The van der Waals surface area contributed by atoms with Crippen LogP contribution >= 0.6 is 12.4 Å². The van der Waals surface area contributed by atoms with Crippen molar-refractivity contribution < 1.29 is 9.18 Å². The Kier molecular flexibility index (Phi) is 4.90. The Morgan fingerprint density at radius 1 is 1.41 bits per heavy atom. The molecule has 17 heavy (non-hydrogen) atoms. The van der Waals surface area contributed by atoms with Gasteiger partial charge in [0, 0.05) is 24.7 Å². The molecule has 0 saturated carbocycles. The van der Waals surface area contributed by atoms with E-state index in [0.717, 1.165) is 19.5 Å². The van der Waals surface area contributed by atoms with Crippen LogP contribution in [0.3, 0.4) is 0 Å². The summed E-state index contributed by atoms with van der Waals surface area (Å²) in [5.74, 6) is -0.330. The molecule has 5 heteroatoms. The maximum atomic E-state index is 12.7. The Morgan fingerprint density at radius 3 is 2.59 bits per heavy atom. The summed E-state index contributed by atoms with van der Waals surface area (Å²) in [6.07, 6.45) is 0.976. The number of carbonyl (C=O) groups excluding carboxylic acids is 1. The molecule has 94 valence electrons. The van der Waals surface area contributed by atoms with E-state index in [0.29, 0.717) is 11.6 Å². The highest BCUT2D eigenvalue weighted by Gasteiger charge is 2.25. The summed E-state index contributed by atoms with van der Waals surface area (Å²) in [5, 5.41) is 3.16. The molecule has 1 saturated heterocycles. The molecule has 1 aromatic carbocycles. The third-order valence-electron chi connectivity index (χ3n) is 2.97. The highest BCUT2D eigenvalue weighted by Crippen LogP contribution is 2.13. The van der Waals surface area contributed by atoms with Gasteiger partial charge in [0.2, 0.25) is 0 Å². The number of amides is 1. The van der Waals surface area contributed by atoms with Gasteiger partial charge in [-0.25, -0.2) is 4.39 Å². The van der Waals surface area contributed by atoms with Crippen LogP contribution in [0.1, 0.15) is 16.8 Å². The smallest absolute Gasteiger partial charge is 0.253 e. The summed E-state index contributed by atoms with van der Waals surface area (Å²) in [6.45, 7) is 1.49. The molecule has 3 nitrogen and oxygen atoms in total. The molecule has 0 radical (unpaired) electrons. The molecule has 1 N–H and O–H groups in total. The van der Waals surface area contributed by atoms with Crippen molar-refractivity contribution in [1.82, 2.24) is 10.2 Å². The van der Waals surface area contributed by atoms with E-state index in [9.17, 15) is 9.18 Å². The van der Waals surface area contributed by atoms with E-state index in [1.54, 1.807) is 4.90 Å². The van der Waals surface area contributed by atoms with Gasteiger partial charge in [0.25, 0.3) is 5.91 Å². The van der Waals surface area contributed by atoms with Crippen LogP contribution in [0.2, 0.25) is 0 Å². The van der Waals surface area contributed by atoms with Gasteiger partial charge in [0.1, 0.15) is 5.82 Å². The summed E-state index contributed by atoms with van der Waals surface area (Å²) in [7, 11) is 1.90. The number of likely N-dealkylation sites (tertiary alicyclic amines) is 1. The molecule has 1 aliphatic heterocycles. The predicted octanol–water partition coefficient (Wildman–Crippen LogP) is 1.68. The minimum atomic E-state index is -0.314. The topological polar surface area (TPSA) is 32.3 Å². The van der Waals surface area contributed by atoms with E-state index in [1.165, 1.54) is 24.3 Å². The van der Waals surface area contributed by atoms with Crippen molar-refractivity contribution in [3.05, 3.63) is 35.6 Å². The summed E-state index contributed by atoms with van der Waals surface area (Å²) >= 11 is 0. The van der Waals surface area contributed by atoms with Crippen molar-refractivity contribution in [3.8, 4) is 0 Å². The van der Waals surface area contributed by atoms with Crippen molar-refractivity contribution in [2.45, 2.75) is 12.5 Å². The fraction of sp³-hybridized carbons (Fsp3) is 0.417. The predicted molar refractivity (Wildman–Crippen MR) is 67.0 cm³/mol. The number of nitrogens with one attached hydrogen (secondary N) is 1. The molecule has 1 fully saturated rings. The lowest BCUT2D eigenvalue weighted by Gasteiger charge is -2.16. The van der Waals surface area contributed by atoms with Gasteiger partial charge in [-0.1, -0.05) is 0 Å². The number of rotatable bonds is 2. The zero-order valence-corrected chi connectivity index (χ0v) is 10.5. The molecular weight excluding hydrogens is 243 g/mol. The monoisotopic (exact) mass is 258 g/mol. The highest BCUT2D eigenvalue weighted by atomic mass is 35.5. The second kappa shape index (κ2) is 5.98. The van der Waals surface area contributed by atoms with Gasteiger partial charge in [-0.05, 0) is 37.7 Å². The van der Waals surface area contributed by atoms with Crippen LogP contribution in [0.15, 0.2) is 24.3 Å². The molecule has 1 heterocycles. The summed E-state index contributed by atoms with van der Waals surface area (Å²) in [5.41, 5.74) is 0.554. The van der Waals surface area contributed by atoms with Crippen molar-refractivity contribution in [2.75, 3.05) is 20.1 Å². The zero-order valence-electron chi connectivity index (χ0n) is 9.65. The van der Waals surface area contributed by atoms with Crippen LogP contribution in [0.5, 0.6) is 0 Å². The molecular formula is C12H16ClFN2O. The van der Waals surface area contributed by atoms with Gasteiger partial charge in [0.05, 0.1) is 0 Å². The van der Waals surface area contributed by atoms with E-state index in [-0.39, 0.29) is 24.1 Å². The maximum Gasteiger partial charge on any atom is 0.253 e. The minimum absolute atomic E-state index is 0. The van der Waals surface area contributed by atoms with Crippen LogP contribution in [-0.2, 0) is 0 Å². The summed E-state index contributed by atoms with van der Waals surface area (Å²) in [6, 6.07) is 6.08. The largest absolute Gasteiger partial charge is 0.337 e. The molecule has 1 atom stereocenters. The molecule has 0 spiro atoms. The first-order chi connectivity index (χ1) is 7.70. The first-order valence-electron chi connectivity index (χ1n) is 5.43. The fourth-order valence-corrected chi connectivity index (χ4v) is 1.96. The Hall–Kier alpha value is -1.13. The van der Waals surface area contributed by atoms with E-state index >= 15 is 0 Å². The third-order valence-corrected chi connectivity index (χ3v) is 2.97. The SMILES string of the molecule is CNC1CCN(C(=O)c2ccc(F)cc2)C1.Cl. The van der Waals surface area contributed by atoms with Gasteiger partial charge < -0.3 is 10.2 Å². The fourth-order valence-electron chi connectivity index (χ4n) is 1.96. The lowest BCUT2D eigenvalue weighted by Crippen LogP contribution is -2.33. The first kappa shape index (κ1) is 13.9. The van der Waals surface area contributed by atoms with Crippen LogP contribution in [-0.4, -0.2) is 37.0 Å². The van der Waals surface area contributed by atoms with E-state index in [4.69, 9.17) is 0 Å². The number of carbonyl (C=O) groups is 1. The summed E-state index contributed by atoms with van der Waals surface area (Å²) in [4.78, 5) is 13.8. The van der Waals surface area contributed by atoms with Crippen LogP contribution < -0.4 is 5.32 Å². The Labute approximate surface area is 106 Å². The van der Waals surface area contributed by atoms with Crippen molar-refractivity contribution in [3.63, 3.8) is 0 Å². The Bertz CT molecular complexity index is 383. The van der Waals surface area contributed by atoms with Crippen LogP contribution in [0, 0.1) is 5.82 Å². The van der Waals surface area contributed by atoms with Gasteiger partial charge in [-0.3, -0.25) is 4.79 Å². The maximum absolute atomic E-state index is 12.7. The van der Waals surface area contributed by atoms with Gasteiger partial charge in [-0.2, -0.15) is 0 Å². The molecule has 1 aliphatic rings. The Balaban J connectivity index is 0.00000144. The quantitative estimate of drug-likeness (QED) is 0.876. The minimum Gasteiger partial charge on any atom is -0.337 e. The summed E-state index contributed by atoms with van der Waals surface area (Å²) < 4.78 is 12.7. The second-order valence-corrected chi connectivity index (χ2v) is 4.03. The normalized spacial score (nSPS) is 18.9. The van der Waals surface area contributed by atoms with Gasteiger partial charge >= 0.3 is 0 Å². The number of hydrogen-bond donors (Lipinski definition) is 1. The molecule has 0 aliphatic carbocycles. The number of likely N-dealkylation sites (N-methyl/N-ethyl adjacent to an activating group) is 1. The zero-order chi connectivity index (χ0) is 11.5. The molecule has 1 unspecified atom stereocenters. The second-order valence-electron chi connectivity index (χ2n) is 4.03. The lowest BCUT2D eigenvalue weighted by molar-refractivity contribution is 0.0789. The van der Waals surface area contributed by atoms with Crippen LogP contribution in [0.25, 0.3) is 0 Å². The molecule has 1 aromatic rings. The van der Waals surface area contributed by atoms with Crippen molar-refractivity contribution in [1.29, 1.82) is 0 Å². The number of benzene rings is 1. The standard InChI is InChI=1S/C12H15FN2O.ClH/c1-14-11-6-7-15(8-11)12(16)9-2-4-10(13)5-3-9;/h2-5,11,14H,6-8H2,1H3;1H. The van der Waals surface area contributed by atoms with E-state index < -0.39 is 0 Å². The number of nitrogens with zero attached hydrogens (tertiary/aromatic N) is 1. The molecule has 0 aromatic heterocycles. The van der Waals surface area contributed by atoms with Crippen molar-refractivity contribution in [2.24, 2.45) is 0 Å². The number of hydrogen-bond acceptors (Lipinski definition) is 2. The van der Waals surface area contributed by atoms with Gasteiger partial charge in [0.15, 0.2) is 0 Å². The van der Waals surface area contributed by atoms with Gasteiger partial charge in [-0.15, -0.1) is 12.4 Å². The van der Waals surface area contributed by atoms with Crippen molar-refractivity contribution >= 4 is 18.3 Å². The molecule has 1 amide bonds. The first-order valence-corrected chi connectivity index (χ1v) is 5.43. The van der Waals surface area contributed by atoms with E-state index in [1.807, 2.05) is 7.05 Å².